The SMILES string of the molecule is [2H]CO[C@@H](C=O)[C@H](O)[C@H](O)[C@H](O)COP(=O)(O)O. The Labute approximate surface area is 98.2 Å². The minimum Gasteiger partial charge on any atom is -0.388 e. The fraction of sp³-hybridized carbons (Fsp3) is 0.857. The first-order chi connectivity index (χ1) is 8.22. The molecule has 0 aliphatic rings. The van der Waals surface area contributed by atoms with E-state index in [0.717, 1.165) is 0 Å². The van der Waals surface area contributed by atoms with Crippen LogP contribution in [-0.2, 0) is 18.6 Å². The highest BCUT2D eigenvalue weighted by Gasteiger charge is 2.32. The Kier molecular flexibility index (Phi) is 6.17. The lowest BCUT2D eigenvalue weighted by Crippen LogP contribution is -2.47. The van der Waals surface area contributed by atoms with Crippen molar-refractivity contribution < 1.29 is 45.1 Å². The van der Waals surface area contributed by atoms with Crippen molar-refractivity contribution in [2.45, 2.75) is 24.4 Å². The zero-order valence-corrected chi connectivity index (χ0v) is 9.51. The van der Waals surface area contributed by atoms with Crippen molar-refractivity contribution in [1.82, 2.24) is 0 Å². The number of aliphatic hydroxyl groups excluding tert-OH is 3. The smallest absolute Gasteiger partial charge is 0.388 e. The van der Waals surface area contributed by atoms with Crippen LogP contribution in [-0.4, -0.2) is 69.5 Å². The normalized spacial score (nSPS) is 20.2. The molecule has 0 radical (unpaired) electrons. The zero-order chi connectivity index (χ0) is 14.3. The summed E-state index contributed by atoms with van der Waals surface area (Å²) in [5.41, 5.74) is 0. The van der Waals surface area contributed by atoms with Gasteiger partial charge in [0.25, 0.3) is 0 Å². The van der Waals surface area contributed by atoms with Gasteiger partial charge in [-0.05, 0) is 0 Å². The Morgan fingerprint density at radius 2 is 1.94 bits per heavy atom. The third kappa shape index (κ3) is 6.20. The summed E-state index contributed by atoms with van der Waals surface area (Å²) in [6.45, 7) is -0.949. The quantitative estimate of drug-likeness (QED) is 0.237. The average Bonchev–Trinajstić information content (AvgIpc) is 2.30. The molecular formula is C7H15O9P. The summed E-state index contributed by atoms with van der Waals surface area (Å²) in [5, 5.41) is 28.1. The molecule has 0 fully saturated rings. The van der Waals surface area contributed by atoms with Crippen molar-refractivity contribution in [2.24, 2.45) is 0 Å². The minimum absolute atomic E-state index is 0.124. The fourth-order valence-electron chi connectivity index (χ4n) is 0.912. The Balaban J connectivity index is 4.38. The van der Waals surface area contributed by atoms with Gasteiger partial charge in [-0.1, -0.05) is 0 Å². The highest BCUT2D eigenvalue weighted by atomic mass is 31.2. The number of carbonyl (C=O) groups is 1. The summed E-state index contributed by atoms with van der Waals surface area (Å²) >= 11 is 0. The van der Waals surface area contributed by atoms with Crippen LogP contribution in [0.25, 0.3) is 0 Å². The second-order valence-corrected chi connectivity index (χ2v) is 4.34. The molecule has 17 heavy (non-hydrogen) atoms. The second kappa shape index (κ2) is 7.14. The lowest BCUT2D eigenvalue weighted by atomic mass is 10.0. The summed E-state index contributed by atoms with van der Waals surface area (Å²) in [6, 6.07) is 0. The van der Waals surface area contributed by atoms with Gasteiger partial charge in [0.1, 0.15) is 24.4 Å². The van der Waals surface area contributed by atoms with Gasteiger partial charge in [-0.2, -0.15) is 0 Å². The molecule has 0 amide bonds. The van der Waals surface area contributed by atoms with Crippen LogP contribution in [0, 0.1) is 0 Å². The van der Waals surface area contributed by atoms with Gasteiger partial charge >= 0.3 is 7.82 Å². The first-order valence-corrected chi connectivity index (χ1v) is 5.86. The Bertz CT molecular complexity index is 295. The van der Waals surface area contributed by atoms with Crippen molar-refractivity contribution in [2.75, 3.05) is 13.7 Å². The van der Waals surface area contributed by atoms with Crippen molar-refractivity contribution >= 4 is 14.1 Å². The first kappa shape index (κ1) is 14.7. The molecule has 10 heteroatoms. The molecule has 4 atom stereocenters. The molecule has 0 aromatic heterocycles. The van der Waals surface area contributed by atoms with Crippen LogP contribution in [0.3, 0.4) is 0 Å². The molecule has 0 bridgehead atoms. The number of hydrogen-bond donors (Lipinski definition) is 5. The molecule has 0 aromatic rings. The van der Waals surface area contributed by atoms with Gasteiger partial charge in [0.2, 0.25) is 0 Å². The van der Waals surface area contributed by atoms with Crippen molar-refractivity contribution in [3.8, 4) is 0 Å². The molecule has 0 aliphatic heterocycles. The fourth-order valence-corrected chi connectivity index (χ4v) is 1.26. The predicted molar refractivity (Wildman–Crippen MR) is 52.9 cm³/mol. The van der Waals surface area contributed by atoms with Crippen LogP contribution in [0.15, 0.2) is 0 Å². The van der Waals surface area contributed by atoms with Gasteiger partial charge in [0, 0.05) is 7.09 Å². The van der Waals surface area contributed by atoms with E-state index in [-0.39, 0.29) is 6.29 Å². The van der Waals surface area contributed by atoms with Crippen molar-refractivity contribution in [1.29, 1.82) is 0 Å². The summed E-state index contributed by atoms with van der Waals surface area (Å²) < 4.78 is 25.4. The molecule has 0 unspecified atom stereocenters. The second-order valence-electron chi connectivity index (χ2n) is 3.10. The molecule has 0 saturated carbocycles. The minimum atomic E-state index is -4.82. The number of carbonyl (C=O) groups excluding carboxylic acids is 1. The first-order valence-electron chi connectivity index (χ1n) is 5.04. The number of rotatable bonds is 8. The number of aliphatic hydroxyl groups is 3. The van der Waals surface area contributed by atoms with Crippen LogP contribution in [0.1, 0.15) is 1.37 Å². The lowest BCUT2D eigenvalue weighted by Gasteiger charge is -2.25. The van der Waals surface area contributed by atoms with E-state index in [1.165, 1.54) is 0 Å². The van der Waals surface area contributed by atoms with Gasteiger partial charge in [0.05, 0.1) is 7.98 Å². The number of hydrogen-bond acceptors (Lipinski definition) is 7. The van der Waals surface area contributed by atoms with Crippen molar-refractivity contribution in [3.05, 3.63) is 0 Å². The molecule has 0 spiro atoms. The Hall–Kier alpha value is -0.380. The molecular weight excluding hydrogens is 259 g/mol. The van der Waals surface area contributed by atoms with Gasteiger partial charge in [-0.25, -0.2) is 4.57 Å². The number of methoxy groups -OCH3 is 1. The average molecular weight is 275 g/mol. The zero-order valence-electron chi connectivity index (χ0n) is 9.62. The van der Waals surface area contributed by atoms with E-state index in [1.54, 1.807) is 0 Å². The Morgan fingerprint density at radius 1 is 1.35 bits per heavy atom. The largest absolute Gasteiger partial charge is 0.469 e. The van der Waals surface area contributed by atoms with E-state index in [4.69, 9.17) is 11.2 Å². The Morgan fingerprint density at radius 3 is 2.35 bits per heavy atom. The van der Waals surface area contributed by atoms with Crippen LogP contribution in [0.4, 0.5) is 0 Å². The number of ether oxygens (including phenoxy) is 1. The van der Waals surface area contributed by atoms with E-state index in [9.17, 15) is 24.7 Å². The molecule has 0 rings (SSSR count). The van der Waals surface area contributed by atoms with Crippen molar-refractivity contribution in [3.63, 3.8) is 0 Å². The topological polar surface area (TPSA) is 154 Å². The van der Waals surface area contributed by atoms with Crippen LogP contribution >= 0.6 is 7.82 Å². The molecule has 0 aromatic carbocycles. The summed E-state index contributed by atoms with van der Waals surface area (Å²) in [5.74, 6) is 0. The molecule has 9 nitrogen and oxygen atoms in total. The van der Waals surface area contributed by atoms with Crippen LogP contribution < -0.4 is 0 Å². The summed E-state index contributed by atoms with van der Waals surface area (Å²) in [6.07, 6.45) is -7.05. The van der Waals surface area contributed by atoms with E-state index >= 15 is 0 Å². The number of phosphoric acid groups is 1. The van der Waals surface area contributed by atoms with Gasteiger partial charge < -0.3 is 34.6 Å². The molecule has 5 N–H and O–H groups in total. The van der Waals surface area contributed by atoms with Gasteiger partial charge in [-0.15, -0.1) is 0 Å². The third-order valence-electron chi connectivity index (χ3n) is 1.82. The summed E-state index contributed by atoms with van der Waals surface area (Å²) in [7, 11) is -5.47. The van der Waals surface area contributed by atoms with E-state index in [2.05, 4.69) is 9.26 Å². The number of phosphoric ester groups is 1. The van der Waals surface area contributed by atoms with Gasteiger partial charge in [0.15, 0.2) is 6.29 Å². The van der Waals surface area contributed by atoms with Gasteiger partial charge in [-0.3, -0.25) is 4.52 Å². The lowest BCUT2D eigenvalue weighted by molar-refractivity contribution is -0.140. The summed E-state index contributed by atoms with van der Waals surface area (Å²) in [4.78, 5) is 27.2. The van der Waals surface area contributed by atoms with Crippen LogP contribution in [0.5, 0.6) is 0 Å². The molecule has 0 aliphatic carbocycles. The maximum absolute atomic E-state index is 10.5. The maximum Gasteiger partial charge on any atom is 0.469 e. The maximum atomic E-state index is 10.5. The van der Waals surface area contributed by atoms with E-state index in [0.29, 0.717) is 0 Å². The van der Waals surface area contributed by atoms with E-state index < -0.39 is 45.9 Å². The molecule has 0 saturated heterocycles. The highest BCUT2D eigenvalue weighted by Crippen LogP contribution is 2.35. The van der Waals surface area contributed by atoms with Crippen LogP contribution in [0.2, 0.25) is 0 Å². The molecule has 0 heterocycles. The predicted octanol–water partition coefficient (Wildman–Crippen LogP) is -2.61. The third-order valence-corrected chi connectivity index (χ3v) is 2.31. The number of aldehydes is 1. The standard InChI is InChI=1S/C7H15O9P/c1-15-5(2-8)7(11)6(10)4(9)3-16-17(12,13)14/h2,4-7,9-11H,3H2,1H3,(H2,12,13,14)/t4-,5+,6-,7+/m1/s1/i1D. The molecule has 102 valence electrons. The highest BCUT2D eigenvalue weighted by molar-refractivity contribution is 7.46. The monoisotopic (exact) mass is 275 g/mol. The van der Waals surface area contributed by atoms with E-state index in [1.807, 2.05) is 0 Å².